The van der Waals surface area contributed by atoms with Gasteiger partial charge in [-0.1, -0.05) is 53.7 Å². The van der Waals surface area contributed by atoms with Crippen LogP contribution in [-0.4, -0.2) is 245 Å². The molecule has 0 radical (unpaired) electrons. The van der Waals surface area contributed by atoms with Gasteiger partial charge in [-0.25, -0.2) is 0 Å². The van der Waals surface area contributed by atoms with Gasteiger partial charge in [-0.2, -0.15) is 0 Å². The Labute approximate surface area is 448 Å². The summed E-state index contributed by atoms with van der Waals surface area (Å²) in [5, 5.41) is 154. The van der Waals surface area contributed by atoms with E-state index in [2.05, 4.69) is 46.8 Å². The lowest BCUT2D eigenvalue weighted by Gasteiger charge is -2.73. The van der Waals surface area contributed by atoms with Crippen molar-refractivity contribution in [1.82, 2.24) is 0 Å². The van der Waals surface area contributed by atoms with Gasteiger partial charge in [0.2, 0.25) is 0 Å². The zero-order valence-corrected chi connectivity index (χ0v) is 45.2. The van der Waals surface area contributed by atoms with Gasteiger partial charge in [0, 0.05) is 22.2 Å². The molecule has 5 aliphatic carbocycles. The molecule has 14 N–H and O–H groups in total. The molecule has 5 saturated heterocycles. The number of aliphatic hydroxyl groups is 14. The summed E-state index contributed by atoms with van der Waals surface area (Å²) in [6.45, 7) is 13.0. The maximum absolute atomic E-state index is 12.3. The summed E-state index contributed by atoms with van der Waals surface area (Å²) in [7, 11) is 0. The van der Waals surface area contributed by atoms with Gasteiger partial charge >= 0.3 is 0 Å². The predicted molar refractivity (Wildman–Crippen MR) is 262 cm³/mol. The van der Waals surface area contributed by atoms with E-state index in [4.69, 9.17) is 42.6 Å². The molecule has 0 aromatic heterocycles. The minimum atomic E-state index is -2.07. The highest BCUT2D eigenvalue weighted by Crippen LogP contribution is 2.79. The van der Waals surface area contributed by atoms with Crippen LogP contribution in [0.1, 0.15) is 99.8 Å². The molecule has 77 heavy (non-hydrogen) atoms. The van der Waals surface area contributed by atoms with Crippen LogP contribution < -0.4 is 0 Å². The lowest BCUT2D eigenvalue weighted by atomic mass is 9.32. The standard InChI is InChI=1S/C54H88O23/c1-23-32(60)36(64)43(77-46-40(68)42(34(62)25(19-56)72-46)76-45-39(67)37(65)41(26(20-57)73-45)75-44-38(66)35(63)33(61)24(18-55)71-44)47(70-23)74-31-10-11-49(4)27(50(31,5)21-58)8-12-51(6)28(49)9-13-54-29-16-48(2,3)14-15-53(29,22-69-54)30(59)17-52(51,54)7/h9,13,23-47,55-68H,8,10-12,14-22H2,1-7H3/t23-,24-,25-,26-,27-,28-,29-,30+,31+,32+,33-,34-,35+,36+,37-,38-,39-,40-,41-,42+,43-,44+,45+,46+,47+,49+,50+,51-,52+,53-,54+/m1/s1. The third-order valence-electron chi connectivity index (χ3n) is 22.2. The number of allylic oxidation sites excluding steroid dienone is 1. The minimum Gasteiger partial charge on any atom is -0.396 e. The van der Waals surface area contributed by atoms with Crippen LogP contribution in [0.4, 0.5) is 0 Å². The molecule has 5 aliphatic heterocycles. The summed E-state index contributed by atoms with van der Waals surface area (Å²) < 4.78 is 55.1. The van der Waals surface area contributed by atoms with Crippen LogP contribution in [-0.2, 0) is 42.6 Å². The Morgan fingerprint density at radius 1 is 0.519 bits per heavy atom. The van der Waals surface area contributed by atoms with E-state index < -0.39 is 171 Å². The van der Waals surface area contributed by atoms with Crippen molar-refractivity contribution in [3.8, 4) is 0 Å². The van der Waals surface area contributed by atoms with Gasteiger partial charge in [-0.3, -0.25) is 0 Å². The van der Waals surface area contributed by atoms with Crippen LogP contribution in [0, 0.1) is 50.2 Å². The van der Waals surface area contributed by atoms with E-state index in [0.717, 1.165) is 32.1 Å². The second-order valence-corrected chi connectivity index (χ2v) is 26.6. The van der Waals surface area contributed by atoms with Crippen molar-refractivity contribution in [1.29, 1.82) is 0 Å². The minimum absolute atomic E-state index is 0.0508. The van der Waals surface area contributed by atoms with Crippen molar-refractivity contribution in [2.45, 2.75) is 240 Å². The van der Waals surface area contributed by atoms with Crippen LogP contribution in [0.25, 0.3) is 0 Å². The highest BCUT2D eigenvalue weighted by atomic mass is 16.8. The number of ether oxygens (including phenoxy) is 9. The molecule has 2 bridgehead atoms. The maximum Gasteiger partial charge on any atom is 0.187 e. The fourth-order valence-electron chi connectivity index (χ4n) is 17.3. The molecule has 23 heteroatoms. The smallest absolute Gasteiger partial charge is 0.187 e. The first-order valence-electron chi connectivity index (χ1n) is 28.0. The summed E-state index contributed by atoms with van der Waals surface area (Å²) in [6, 6.07) is 0. The second kappa shape index (κ2) is 20.9. The number of hydrogen-bond acceptors (Lipinski definition) is 23. The van der Waals surface area contributed by atoms with Gasteiger partial charge in [0.25, 0.3) is 0 Å². The molecule has 0 amide bonds. The number of rotatable bonds is 12. The third-order valence-corrected chi connectivity index (χ3v) is 22.2. The van der Waals surface area contributed by atoms with Gasteiger partial charge in [-0.15, -0.1) is 0 Å². The molecular formula is C54H88O23. The van der Waals surface area contributed by atoms with E-state index in [-0.39, 0.29) is 46.0 Å². The first-order chi connectivity index (χ1) is 36.2. The lowest BCUT2D eigenvalue weighted by molar-refractivity contribution is -0.396. The van der Waals surface area contributed by atoms with Gasteiger partial charge in [-0.05, 0) is 86.4 Å². The molecule has 1 spiro atoms. The van der Waals surface area contributed by atoms with Crippen LogP contribution in [0.15, 0.2) is 12.2 Å². The Balaban J connectivity index is 0.862. The molecule has 10 rings (SSSR count). The Kier molecular flexibility index (Phi) is 16.0. The largest absolute Gasteiger partial charge is 0.396 e. The molecule has 5 heterocycles. The molecule has 0 aromatic carbocycles. The SMILES string of the molecule is C[C@H]1O[C@@H](O[C@H]2CC[C@@]3(C)[C@@H](CC[C@]4(C)[C@@H]3C=C[C@]35OC[C@@]6(CCC(C)(C)C[C@H]63)[C@@H](O)C[C@]54C)[C@]2(C)CO)[C@H](O[C@@H]2O[C@H](CO)[C@@H](O)[C@H](O[C@@H]3O[C@H](CO)[C@@H](O[C@@H]4O[C@H](CO)[C@@H](O)[C@H](O)[C@H]4O)[C@H](O)[C@H]3O)[C@H]2O)[C@@H](O)[C@H]1O. The zero-order valence-electron chi connectivity index (χ0n) is 45.2. The topological polar surface area (TPSA) is 366 Å². The summed E-state index contributed by atoms with van der Waals surface area (Å²) in [4.78, 5) is 0. The van der Waals surface area contributed by atoms with Gasteiger partial charge < -0.3 is 114 Å². The number of aliphatic hydroxyl groups excluding tert-OH is 14. The first-order valence-corrected chi connectivity index (χ1v) is 28.0. The molecule has 31 atom stereocenters. The zero-order chi connectivity index (χ0) is 55.9. The van der Waals surface area contributed by atoms with Crippen molar-refractivity contribution in [3.05, 3.63) is 12.2 Å². The highest BCUT2D eigenvalue weighted by molar-refractivity contribution is 5.36. The van der Waals surface area contributed by atoms with Crippen molar-refractivity contribution in [3.63, 3.8) is 0 Å². The van der Waals surface area contributed by atoms with Crippen molar-refractivity contribution >= 4 is 0 Å². The first kappa shape index (κ1) is 59.0. The summed E-state index contributed by atoms with van der Waals surface area (Å²) >= 11 is 0. The van der Waals surface area contributed by atoms with Gasteiger partial charge in [0.05, 0.1) is 56.9 Å². The Bertz CT molecular complexity index is 2120. The lowest BCUT2D eigenvalue weighted by Crippen LogP contribution is -2.72. The number of hydrogen-bond donors (Lipinski definition) is 14. The summed E-state index contributed by atoms with van der Waals surface area (Å²) in [5.74, 6) is 0.137. The van der Waals surface area contributed by atoms with E-state index in [1.165, 1.54) is 0 Å². The van der Waals surface area contributed by atoms with Crippen LogP contribution >= 0.6 is 0 Å². The van der Waals surface area contributed by atoms with Crippen LogP contribution in [0.5, 0.6) is 0 Å². The van der Waals surface area contributed by atoms with Gasteiger partial charge in [0.1, 0.15) is 91.6 Å². The van der Waals surface area contributed by atoms with Crippen molar-refractivity contribution < 1.29 is 114 Å². The normalized spacial score (nSPS) is 58.1. The van der Waals surface area contributed by atoms with Gasteiger partial charge in [0.15, 0.2) is 25.2 Å². The maximum atomic E-state index is 12.3. The molecule has 4 saturated carbocycles. The third kappa shape index (κ3) is 8.84. The van der Waals surface area contributed by atoms with Crippen molar-refractivity contribution in [2.75, 3.05) is 33.0 Å². The van der Waals surface area contributed by atoms with Crippen LogP contribution in [0.2, 0.25) is 0 Å². The highest BCUT2D eigenvalue weighted by Gasteiger charge is 2.79. The van der Waals surface area contributed by atoms with E-state index in [1.807, 2.05) is 6.92 Å². The van der Waals surface area contributed by atoms with E-state index in [0.29, 0.717) is 25.9 Å². The van der Waals surface area contributed by atoms with Crippen LogP contribution in [0.3, 0.4) is 0 Å². The average molecular weight is 1110 g/mol. The Morgan fingerprint density at radius 2 is 1.10 bits per heavy atom. The van der Waals surface area contributed by atoms with Crippen molar-refractivity contribution in [2.24, 2.45) is 50.2 Å². The predicted octanol–water partition coefficient (Wildman–Crippen LogP) is -2.57. The van der Waals surface area contributed by atoms with E-state index >= 15 is 0 Å². The molecule has 442 valence electrons. The van der Waals surface area contributed by atoms with E-state index in [9.17, 15) is 71.5 Å². The monoisotopic (exact) mass is 1100 g/mol. The Hall–Kier alpha value is -1.18. The molecule has 0 aromatic rings. The quantitative estimate of drug-likeness (QED) is 0.0705. The summed E-state index contributed by atoms with van der Waals surface area (Å²) in [6.07, 6.45) is -24.7. The molecule has 0 unspecified atom stereocenters. The second-order valence-electron chi connectivity index (χ2n) is 26.6. The van der Waals surface area contributed by atoms with E-state index in [1.54, 1.807) is 6.92 Å². The number of fused-ring (bicyclic) bond motifs is 4. The summed E-state index contributed by atoms with van der Waals surface area (Å²) in [5.41, 5.74) is -2.60. The molecule has 9 fully saturated rings. The molecule has 23 nitrogen and oxygen atoms in total. The Morgan fingerprint density at radius 3 is 1.75 bits per heavy atom. The average Bonchev–Trinajstić information content (AvgIpc) is 3.09. The molecule has 10 aliphatic rings. The fraction of sp³-hybridized carbons (Fsp3) is 0.963. The molecular weight excluding hydrogens is 1020 g/mol. The fourth-order valence-corrected chi connectivity index (χ4v) is 17.3.